The maximum absolute atomic E-state index is 13.6. The second-order valence-corrected chi connectivity index (χ2v) is 8.99. The van der Waals surface area contributed by atoms with Gasteiger partial charge >= 0.3 is 5.97 Å². The van der Waals surface area contributed by atoms with Crippen LogP contribution in [0.3, 0.4) is 0 Å². The van der Waals surface area contributed by atoms with Gasteiger partial charge in [-0.2, -0.15) is 0 Å². The summed E-state index contributed by atoms with van der Waals surface area (Å²) in [5.74, 6) is 0.297. The SMILES string of the molecule is COc1ccc2occ(C3CC(=O)Oc4ccc5c(c43)O/C(=C\c3cccc(OC)c3OC)C5=O)c(=O)c2c1. The minimum Gasteiger partial charge on any atom is -0.497 e. The second kappa shape index (κ2) is 9.36. The number of rotatable bonds is 5. The fraction of sp³-hybridized carbons (Fsp3) is 0.167. The van der Waals surface area contributed by atoms with Crippen molar-refractivity contribution >= 4 is 28.8 Å². The molecule has 1 atom stereocenters. The van der Waals surface area contributed by atoms with E-state index in [9.17, 15) is 14.4 Å². The quantitative estimate of drug-likeness (QED) is 0.204. The van der Waals surface area contributed by atoms with Gasteiger partial charge in [0.2, 0.25) is 5.78 Å². The monoisotopic (exact) mass is 526 g/mol. The summed E-state index contributed by atoms with van der Waals surface area (Å²) in [7, 11) is 4.53. The fourth-order valence-corrected chi connectivity index (χ4v) is 5.03. The van der Waals surface area contributed by atoms with Crippen LogP contribution in [0.25, 0.3) is 17.0 Å². The summed E-state index contributed by atoms with van der Waals surface area (Å²) in [5, 5.41) is 0.308. The highest BCUT2D eigenvalue weighted by molar-refractivity contribution is 6.15. The largest absolute Gasteiger partial charge is 0.497 e. The number of esters is 1. The Kier molecular flexibility index (Phi) is 5.83. The van der Waals surface area contributed by atoms with Gasteiger partial charge in [0.15, 0.2) is 22.7 Å². The number of benzene rings is 3. The van der Waals surface area contributed by atoms with Crippen LogP contribution in [0, 0.1) is 0 Å². The lowest BCUT2D eigenvalue weighted by Gasteiger charge is -2.25. The van der Waals surface area contributed by atoms with Gasteiger partial charge in [0.1, 0.15) is 22.8 Å². The van der Waals surface area contributed by atoms with Crippen molar-refractivity contribution < 1.29 is 37.7 Å². The van der Waals surface area contributed by atoms with E-state index in [0.717, 1.165) is 0 Å². The summed E-state index contributed by atoms with van der Waals surface area (Å²) in [6.07, 6.45) is 2.78. The van der Waals surface area contributed by atoms with E-state index >= 15 is 0 Å². The Morgan fingerprint density at radius 3 is 2.54 bits per heavy atom. The van der Waals surface area contributed by atoms with Gasteiger partial charge in [-0.25, -0.2) is 0 Å². The van der Waals surface area contributed by atoms with Crippen molar-refractivity contribution in [2.75, 3.05) is 21.3 Å². The van der Waals surface area contributed by atoms with Crippen molar-refractivity contribution in [3.05, 3.63) is 93.0 Å². The molecule has 3 heterocycles. The lowest BCUT2D eigenvalue weighted by atomic mass is 9.85. The van der Waals surface area contributed by atoms with Crippen molar-refractivity contribution in [2.24, 2.45) is 0 Å². The Bertz CT molecular complexity index is 1760. The second-order valence-electron chi connectivity index (χ2n) is 8.99. The number of ether oxygens (including phenoxy) is 5. The first-order chi connectivity index (χ1) is 18.9. The van der Waals surface area contributed by atoms with E-state index in [1.807, 2.05) is 0 Å². The highest BCUT2D eigenvalue weighted by Gasteiger charge is 2.39. The molecule has 0 spiro atoms. The predicted molar refractivity (Wildman–Crippen MR) is 140 cm³/mol. The van der Waals surface area contributed by atoms with Crippen molar-refractivity contribution in [3.63, 3.8) is 0 Å². The number of carbonyl (C=O) groups excluding carboxylic acids is 2. The highest BCUT2D eigenvalue weighted by atomic mass is 16.5. The number of hydrogen-bond acceptors (Lipinski definition) is 9. The molecule has 0 N–H and O–H groups in total. The zero-order valence-electron chi connectivity index (χ0n) is 21.2. The molecule has 9 nitrogen and oxygen atoms in total. The molecule has 4 aromatic rings. The highest BCUT2D eigenvalue weighted by Crippen LogP contribution is 2.49. The molecule has 2 aliphatic heterocycles. The minimum atomic E-state index is -0.762. The van der Waals surface area contributed by atoms with E-state index in [1.165, 1.54) is 27.6 Å². The molecule has 0 aliphatic carbocycles. The molecule has 6 rings (SSSR count). The first-order valence-corrected chi connectivity index (χ1v) is 12.1. The summed E-state index contributed by atoms with van der Waals surface area (Å²) < 4.78 is 33.5. The van der Waals surface area contributed by atoms with Crippen molar-refractivity contribution in [3.8, 4) is 28.7 Å². The zero-order chi connectivity index (χ0) is 27.3. The van der Waals surface area contributed by atoms with Crippen molar-refractivity contribution in [2.45, 2.75) is 12.3 Å². The summed E-state index contributed by atoms with van der Waals surface area (Å²) in [4.78, 5) is 39.6. The lowest BCUT2D eigenvalue weighted by Crippen LogP contribution is -2.25. The molecule has 0 saturated heterocycles. The number of allylic oxidation sites excluding steroid dienone is 1. The van der Waals surface area contributed by atoms with Gasteiger partial charge in [-0.1, -0.05) is 12.1 Å². The molecule has 39 heavy (non-hydrogen) atoms. The van der Waals surface area contributed by atoms with Crippen LogP contribution in [0.2, 0.25) is 0 Å². The summed E-state index contributed by atoms with van der Waals surface area (Å²) in [5.41, 5.74) is 1.59. The van der Waals surface area contributed by atoms with E-state index in [0.29, 0.717) is 39.3 Å². The molecule has 0 amide bonds. The maximum Gasteiger partial charge on any atom is 0.312 e. The summed E-state index contributed by atoms with van der Waals surface area (Å²) in [6.45, 7) is 0. The molecule has 0 radical (unpaired) electrons. The van der Waals surface area contributed by atoms with E-state index in [2.05, 4.69) is 0 Å². The topological polar surface area (TPSA) is 110 Å². The van der Waals surface area contributed by atoms with Crippen molar-refractivity contribution in [1.29, 1.82) is 0 Å². The molecular formula is C30H22O9. The molecule has 0 saturated carbocycles. The first kappa shape index (κ1) is 24.3. The van der Waals surface area contributed by atoms with Gasteiger partial charge in [-0.05, 0) is 42.5 Å². The lowest BCUT2D eigenvalue weighted by molar-refractivity contribution is -0.135. The Hall–Kier alpha value is -5.05. The summed E-state index contributed by atoms with van der Waals surface area (Å²) in [6, 6.07) is 13.3. The number of para-hydroxylation sites is 1. The average molecular weight is 526 g/mol. The van der Waals surface area contributed by atoms with Gasteiger partial charge in [0, 0.05) is 22.6 Å². The molecule has 1 unspecified atom stereocenters. The smallest absolute Gasteiger partial charge is 0.312 e. The molecular weight excluding hydrogens is 504 g/mol. The fourth-order valence-electron chi connectivity index (χ4n) is 5.03. The van der Waals surface area contributed by atoms with Gasteiger partial charge in [0.05, 0.1) is 45.0 Å². The van der Waals surface area contributed by atoms with E-state index in [-0.39, 0.29) is 46.0 Å². The molecule has 0 fully saturated rings. The molecule has 3 aromatic carbocycles. The third-order valence-corrected chi connectivity index (χ3v) is 6.88. The zero-order valence-corrected chi connectivity index (χ0v) is 21.2. The number of hydrogen-bond donors (Lipinski definition) is 0. The van der Waals surface area contributed by atoms with Crippen LogP contribution in [0.15, 0.2) is 69.8 Å². The van der Waals surface area contributed by atoms with E-state index in [1.54, 1.807) is 54.6 Å². The Morgan fingerprint density at radius 1 is 0.923 bits per heavy atom. The van der Waals surface area contributed by atoms with Gasteiger partial charge < -0.3 is 28.1 Å². The minimum absolute atomic E-state index is 0.0517. The van der Waals surface area contributed by atoms with Crippen LogP contribution in [0.5, 0.6) is 28.7 Å². The summed E-state index contributed by atoms with van der Waals surface area (Å²) >= 11 is 0. The van der Waals surface area contributed by atoms with Crippen LogP contribution in [-0.2, 0) is 4.79 Å². The van der Waals surface area contributed by atoms with Crippen LogP contribution in [0.1, 0.15) is 39.4 Å². The van der Waals surface area contributed by atoms with Crippen molar-refractivity contribution in [1.82, 2.24) is 0 Å². The Labute approximate surface area is 222 Å². The standard InChI is InChI=1S/C30H22O9/c1-34-16-7-9-21-19(12-16)27(32)20(14-37-21)18-13-25(31)38-22-10-8-17-28(33)24(39-30(17)26(18)22)11-15-5-4-6-23(35-2)29(15)36-3/h4-12,14,18H,13H2,1-3H3/b24-11-. The molecule has 9 heteroatoms. The number of methoxy groups -OCH3 is 3. The Balaban J connectivity index is 1.49. The predicted octanol–water partition coefficient (Wildman–Crippen LogP) is 4.88. The number of Topliss-reactive ketones (excluding diaryl/α,β-unsaturated/α-hetero) is 1. The van der Waals surface area contributed by atoms with Crippen LogP contribution in [-0.4, -0.2) is 33.1 Å². The molecule has 0 bridgehead atoms. The van der Waals surface area contributed by atoms with Gasteiger partial charge in [-0.15, -0.1) is 0 Å². The number of ketones is 1. The third kappa shape index (κ3) is 3.90. The van der Waals surface area contributed by atoms with Crippen LogP contribution < -0.4 is 29.1 Å². The van der Waals surface area contributed by atoms with Crippen LogP contribution >= 0.6 is 0 Å². The van der Waals surface area contributed by atoms with Crippen LogP contribution in [0.4, 0.5) is 0 Å². The normalized spacial score (nSPS) is 16.9. The number of fused-ring (bicyclic) bond motifs is 4. The van der Waals surface area contributed by atoms with E-state index in [4.69, 9.17) is 28.1 Å². The first-order valence-electron chi connectivity index (χ1n) is 12.1. The van der Waals surface area contributed by atoms with Gasteiger partial charge in [0.25, 0.3) is 0 Å². The molecule has 2 aliphatic rings. The Morgan fingerprint density at radius 2 is 1.77 bits per heavy atom. The maximum atomic E-state index is 13.6. The number of carbonyl (C=O) groups is 2. The average Bonchev–Trinajstić information content (AvgIpc) is 3.27. The molecule has 1 aromatic heterocycles. The van der Waals surface area contributed by atoms with E-state index < -0.39 is 11.9 Å². The van der Waals surface area contributed by atoms with Gasteiger partial charge in [-0.3, -0.25) is 14.4 Å². The molecule has 196 valence electrons. The third-order valence-electron chi connectivity index (χ3n) is 6.88.